The van der Waals surface area contributed by atoms with Crippen molar-refractivity contribution < 1.29 is 9.18 Å². The zero-order chi connectivity index (χ0) is 14.7. The third-order valence-corrected chi connectivity index (χ3v) is 4.07. The van der Waals surface area contributed by atoms with E-state index in [1.54, 1.807) is 0 Å². The number of benzene rings is 1. The number of nitrogens with zero attached hydrogens (tertiary/aromatic N) is 2. The van der Waals surface area contributed by atoms with Gasteiger partial charge in [0.15, 0.2) is 0 Å². The summed E-state index contributed by atoms with van der Waals surface area (Å²) in [5, 5.41) is 0.462. The van der Waals surface area contributed by atoms with Crippen LogP contribution in [-0.2, 0) is 11.2 Å². The third kappa shape index (κ3) is 4.01. The molecular weight excluding hydrogens is 279 g/mol. The number of piperazine rings is 1. The lowest BCUT2D eigenvalue weighted by molar-refractivity contribution is -0.120. The zero-order valence-electron chi connectivity index (χ0n) is 11.9. The molecule has 1 fully saturated rings. The highest BCUT2D eigenvalue weighted by Crippen LogP contribution is 2.17. The predicted octanol–water partition coefficient (Wildman–Crippen LogP) is 2.23. The van der Waals surface area contributed by atoms with Crippen molar-refractivity contribution in [1.82, 2.24) is 9.80 Å². The number of hydrogen-bond acceptors (Lipinski definition) is 3. The summed E-state index contributed by atoms with van der Waals surface area (Å²) in [4.78, 5) is 16.6. The summed E-state index contributed by atoms with van der Waals surface area (Å²) in [5.41, 5.74) is 0.384. The molecule has 1 aliphatic rings. The topological polar surface area (TPSA) is 23.6 Å². The Morgan fingerprint density at radius 2 is 2.15 bits per heavy atom. The van der Waals surface area contributed by atoms with E-state index in [0.717, 1.165) is 19.6 Å². The molecule has 0 spiro atoms. The highest BCUT2D eigenvalue weighted by molar-refractivity contribution is 6.30. The van der Waals surface area contributed by atoms with E-state index >= 15 is 0 Å². The average molecular weight is 299 g/mol. The molecule has 1 aromatic carbocycles. The summed E-state index contributed by atoms with van der Waals surface area (Å²) in [6.07, 6.45) is 0.563. The SMILES string of the molecule is CN1CCN(C)C(CC(=O)Cc2cc(Cl)ccc2F)C1. The molecule has 1 heterocycles. The van der Waals surface area contributed by atoms with Crippen molar-refractivity contribution in [3.05, 3.63) is 34.6 Å². The van der Waals surface area contributed by atoms with E-state index < -0.39 is 0 Å². The minimum Gasteiger partial charge on any atom is -0.304 e. The van der Waals surface area contributed by atoms with E-state index in [0.29, 0.717) is 17.0 Å². The molecule has 0 N–H and O–H groups in total. The van der Waals surface area contributed by atoms with Crippen molar-refractivity contribution in [1.29, 1.82) is 0 Å². The highest BCUT2D eigenvalue weighted by Gasteiger charge is 2.24. The van der Waals surface area contributed by atoms with Crippen LogP contribution in [0.1, 0.15) is 12.0 Å². The molecule has 1 saturated heterocycles. The van der Waals surface area contributed by atoms with Gasteiger partial charge >= 0.3 is 0 Å². The number of carbonyl (C=O) groups excluding carboxylic acids is 1. The van der Waals surface area contributed by atoms with Crippen LogP contribution in [0.3, 0.4) is 0 Å². The summed E-state index contributed by atoms with van der Waals surface area (Å²) in [6.45, 7) is 2.85. The van der Waals surface area contributed by atoms with Crippen molar-refractivity contribution in [2.75, 3.05) is 33.7 Å². The number of carbonyl (C=O) groups is 1. The molecule has 20 heavy (non-hydrogen) atoms. The van der Waals surface area contributed by atoms with Crippen LogP contribution in [0.15, 0.2) is 18.2 Å². The molecule has 2 rings (SSSR count). The number of hydrogen-bond donors (Lipinski definition) is 0. The number of ketones is 1. The lowest BCUT2D eigenvalue weighted by atomic mass is 10.0. The Kier molecular flexibility index (Phi) is 5.13. The van der Waals surface area contributed by atoms with Gasteiger partial charge in [0, 0.05) is 43.5 Å². The van der Waals surface area contributed by atoms with Crippen LogP contribution in [0.5, 0.6) is 0 Å². The summed E-state index contributed by atoms with van der Waals surface area (Å²) < 4.78 is 13.6. The van der Waals surface area contributed by atoms with Crippen LogP contribution in [-0.4, -0.2) is 55.4 Å². The van der Waals surface area contributed by atoms with Crippen LogP contribution in [0, 0.1) is 5.82 Å². The molecule has 0 saturated carbocycles. The molecule has 3 nitrogen and oxygen atoms in total. The lowest BCUT2D eigenvalue weighted by Crippen LogP contribution is -2.50. The van der Waals surface area contributed by atoms with Gasteiger partial charge in [-0.25, -0.2) is 4.39 Å². The van der Waals surface area contributed by atoms with Crippen LogP contribution in [0.25, 0.3) is 0 Å². The maximum Gasteiger partial charge on any atom is 0.138 e. The van der Waals surface area contributed by atoms with Gasteiger partial charge in [-0.2, -0.15) is 0 Å². The first-order chi connectivity index (χ1) is 9.45. The minimum atomic E-state index is -0.364. The Labute approximate surface area is 124 Å². The molecule has 110 valence electrons. The fourth-order valence-corrected chi connectivity index (χ4v) is 2.74. The predicted molar refractivity (Wildman–Crippen MR) is 78.7 cm³/mol. The van der Waals surface area contributed by atoms with Crippen LogP contribution in [0.4, 0.5) is 4.39 Å². The van der Waals surface area contributed by atoms with Crippen molar-refractivity contribution in [2.24, 2.45) is 0 Å². The molecule has 1 aromatic rings. The summed E-state index contributed by atoms with van der Waals surface area (Å²) >= 11 is 5.84. The summed E-state index contributed by atoms with van der Waals surface area (Å²) in [5.74, 6) is -0.310. The fraction of sp³-hybridized carbons (Fsp3) is 0.533. The molecule has 0 radical (unpaired) electrons. The van der Waals surface area contributed by atoms with E-state index in [9.17, 15) is 9.18 Å². The summed E-state index contributed by atoms with van der Waals surface area (Å²) in [7, 11) is 4.09. The van der Waals surface area contributed by atoms with Gasteiger partial charge in [-0.05, 0) is 37.9 Å². The molecule has 1 unspecified atom stereocenters. The molecule has 1 atom stereocenters. The molecule has 1 aliphatic heterocycles. The number of likely N-dealkylation sites (N-methyl/N-ethyl adjacent to an activating group) is 2. The lowest BCUT2D eigenvalue weighted by Gasteiger charge is -2.37. The largest absolute Gasteiger partial charge is 0.304 e. The molecule has 0 amide bonds. The first-order valence-corrected chi connectivity index (χ1v) is 7.18. The number of rotatable bonds is 4. The van der Waals surface area contributed by atoms with E-state index in [2.05, 4.69) is 16.8 Å². The zero-order valence-corrected chi connectivity index (χ0v) is 12.7. The molecule has 0 aliphatic carbocycles. The quantitative estimate of drug-likeness (QED) is 0.852. The first kappa shape index (κ1) is 15.4. The number of halogens is 2. The monoisotopic (exact) mass is 298 g/mol. The second kappa shape index (κ2) is 6.66. The van der Waals surface area contributed by atoms with Crippen LogP contribution < -0.4 is 0 Å². The van der Waals surface area contributed by atoms with E-state index in [1.807, 2.05) is 7.05 Å². The van der Waals surface area contributed by atoms with E-state index in [4.69, 9.17) is 11.6 Å². The second-order valence-electron chi connectivity index (χ2n) is 5.55. The molecular formula is C15H20ClFN2O. The van der Waals surface area contributed by atoms with Crippen molar-refractivity contribution in [3.8, 4) is 0 Å². The van der Waals surface area contributed by atoms with Gasteiger partial charge in [0.05, 0.1) is 0 Å². The van der Waals surface area contributed by atoms with Gasteiger partial charge in [0.2, 0.25) is 0 Å². The Balaban J connectivity index is 1.96. The van der Waals surface area contributed by atoms with Gasteiger partial charge in [-0.1, -0.05) is 11.6 Å². The molecule has 5 heteroatoms. The maximum atomic E-state index is 13.6. The maximum absolute atomic E-state index is 13.6. The van der Waals surface area contributed by atoms with E-state index in [-0.39, 0.29) is 24.1 Å². The highest BCUT2D eigenvalue weighted by atomic mass is 35.5. The Morgan fingerprint density at radius 1 is 1.40 bits per heavy atom. The van der Waals surface area contributed by atoms with E-state index in [1.165, 1.54) is 18.2 Å². The first-order valence-electron chi connectivity index (χ1n) is 6.80. The van der Waals surface area contributed by atoms with Gasteiger partial charge < -0.3 is 9.80 Å². The standard InChI is InChI=1S/C15H20ClFN2O/c1-18-5-6-19(2)13(10-18)9-14(20)8-11-7-12(16)3-4-15(11)17/h3-4,7,13H,5-6,8-10H2,1-2H3. The van der Waals surface area contributed by atoms with Crippen molar-refractivity contribution in [3.63, 3.8) is 0 Å². The van der Waals surface area contributed by atoms with Gasteiger partial charge in [0.1, 0.15) is 11.6 Å². The Morgan fingerprint density at radius 3 is 2.90 bits per heavy atom. The van der Waals surface area contributed by atoms with Crippen LogP contribution in [0.2, 0.25) is 5.02 Å². The normalized spacial score (nSPS) is 21.1. The Hall–Kier alpha value is -0.970. The second-order valence-corrected chi connectivity index (χ2v) is 5.99. The smallest absolute Gasteiger partial charge is 0.138 e. The fourth-order valence-electron chi connectivity index (χ4n) is 2.55. The van der Waals surface area contributed by atoms with Gasteiger partial charge in [-0.15, -0.1) is 0 Å². The molecule has 0 aromatic heterocycles. The Bertz CT molecular complexity index is 495. The third-order valence-electron chi connectivity index (χ3n) is 3.84. The minimum absolute atomic E-state index is 0.0540. The van der Waals surface area contributed by atoms with Gasteiger partial charge in [-0.3, -0.25) is 4.79 Å². The van der Waals surface area contributed by atoms with Gasteiger partial charge in [0.25, 0.3) is 0 Å². The average Bonchev–Trinajstić information content (AvgIpc) is 2.38. The molecule has 0 bridgehead atoms. The van der Waals surface area contributed by atoms with Crippen molar-refractivity contribution >= 4 is 17.4 Å². The van der Waals surface area contributed by atoms with Crippen LogP contribution >= 0.6 is 11.6 Å². The number of Topliss-reactive ketones (excluding diaryl/α,β-unsaturated/α-hetero) is 1. The van der Waals surface area contributed by atoms with Crippen molar-refractivity contribution in [2.45, 2.75) is 18.9 Å². The summed E-state index contributed by atoms with van der Waals surface area (Å²) in [6, 6.07) is 4.55.